The molecule has 28 heavy (non-hydrogen) atoms. The second kappa shape index (κ2) is 9.10. The molecule has 0 unspecified atom stereocenters. The Kier molecular flexibility index (Phi) is 6.57. The van der Waals surface area contributed by atoms with Crippen LogP contribution in [-0.2, 0) is 6.54 Å². The van der Waals surface area contributed by atoms with E-state index in [0.29, 0.717) is 18.8 Å². The minimum absolute atomic E-state index is 0.0869. The number of urea groups is 1. The molecule has 1 aromatic carbocycles. The zero-order valence-electron chi connectivity index (χ0n) is 16.5. The first-order valence-corrected chi connectivity index (χ1v) is 9.73. The smallest absolute Gasteiger partial charge is 0.317 e. The van der Waals surface area contributed by atoms with Crippen molar-refractivity contribution >= 4 is 23.4 Å². The van der Waals surface area contributed by atoms with Crippen LogP contribution in [0.3, 0.4) is 0 Å². The summed E-state index contributed by atoms with van der Waals surface area (Å²) in [4.78, 5) is 16.6. The highest BCUT2D eigenvalue weighted by Crippen LogP contribution is 2.23. The average Bonchev–Trinajstić information content (AvgIpc) is 2.74. The summed E-state index contributed by atoms with van der Waals surface area (Å²) in [5.41, 5.74) is 2.03. The molecule has 2 amide bonds. The molecule has 0 saturated carbocycles. The molecule has 0 aliphatic carbocycles. The number of piperidine rings is 1. The number of ether oxygens (including phenoxy) is 1. The van der Waals surface area contributed by atoms with Crippen molar-refractivity contribution in [1.29, 1.82) is 0 Å². The number of aromatic nitrogens is 2. The molecule has 1 atom stereocenters. The zero-order chi connectivity index (χ0) is 20.1. The topological polar surface area (TPSA) is 70.6 Å². The van der Waals surface area contributed by atoms with Crippen molar-refractivity contribution < 1.29 is 9.53 Å². The molecule has 8 heteroatoms. The number of methoxy groups -OCH3 is 1. The normalized spacial score (nSPS) is 16.6. The van der Waals surface area contributed by atoms with Gasteiger partial charge in [0.25, 0.3) is 0 Å². The molecule has 1 aromatic heterocycles. The van der Waals surface area contributed by atoms with Crippen molar-refractivity contribution in [3.05, 3.63) is 46.6 Å². The number of likely N-dealkylation sites (N-methyl/N-ethyl adjacent to an activating group) is 1. The number of nitrogens with one attached hydrogen (secondary N) is 1. The molecule has 150 valence electrons. The van der Waals surface area contributed by atoms with Crippen LogP contribution < -0.4 is 15.0 Å². The first kappa shape index (κ1) is 20.2. The Labute approximate surface area is 170 Å². The third-order valence-electron chi connectivity index (χ3n) is 5.11. The van der Waals surface area contributed by atoms with E-state index in [1.54, 1.807) is 18.2 Å². The van der Waals surface area contributed by atoms with Crippen LogP contribution in [0, 0.1) is 6.92 Å². The van der Waals surface area contributed by atoms with Crippen LogP contribution in [0.5, 0.6) is 5.75 Å². The number of anilines is 1. The highest BCUT2D eigenvalue weighted by Gasteiger charge is 2.27. The van der Waals surface area contributed by atoms with E-state index in [4.69, 9.17) is 16.3 Å². The second-order valence-corrected chi connectivity index (χ2v) is 7.46. The third-order valence-corrected chi connectivity index (χ3v) is 5.53. The molecule has 2 heterocycles. The van der Waals surface area contributed by atoms with E-state index in [0.717, 1.165) is 41.4 Å². The second-order valence-electron chi connectivity index (χ2n) is 7.05. The number of nitrogens with zero attached hydrogens (tertiary/aromatic N) is 4. The molecule has 1 aliphatic rings. The van der Waals surface area contributed by atoms with Crippen LogP contribution in [0.2, 0.25) is 5.02 Å². The van der Waals surface area contributed by atoms with E-state index in [1.165, 1.54) is 0 Å². The highest BCUT2D eigenvalue weighted by molar-refractivity contribution is 6.31. The molecular weight excluding hydrogens is 378 g/mol. The number of hydrogen-bond donors (Lipinski definition) is 1. The maximum Gasteiger partial charge on any atom is 0.317 e. The fraction of sp³-hybridized carbons (Fsp3) is 0.450. The van der Waals surface area contributed by atoms with E-state index in [9.17, 15) is 4.79 Å². The van der Waals surface area contributed by atoms with Gasteiger partial charge in [-0.25, -0.2) is 4.79 Å². The number of rotatable bonds is 5. The molecule has 0 radical (unpaired) electrons. The van der Waals surface area contributed by atoms with Gasteiger partial charge in [-0.3, -0.25) is 0 Å². The van der Waals surface area contributed by atoms with E-state index in [1.807, 2.05) is 38.2 Å². The van der Waals surface area contributed by atoms with Crippen LogP contribution in [0.15, 0.2) is 30.5 Å². The quantitative estimate of drug-likeness (QED) is 0.829. The zero-order valence-corrected chi connectivity index (χ0v) is 17.2. The van der Waals surface area contributed by atoms with Crippen molar-refractivity contribution in [3.8, 4) is 5.75 Å². The van der Waals surface area contributed by atoms with Crippen molar-refractivity contribution in [1.82, 2.24) is 20.4 Å². The fourth-order valence-electron chi connectivity index (χ4n) is 3.37. The average molecular weight is 404 g/mol. The Morgan fingerprint density at radius 2 is 2.25 bits per heavy atom. The molecule has 1 fully saturated rings. The lowest BCUT2D eigenvalue weighted by atomic mass is 10.0. The summed E-state index contributed by atoms with van der Waals surface area (Å²) in [6.07, 6.45) is 3.53. The summed E-state index contributed by atoms with van der Waals surface area (Å²) >= 11 is 6.06. The highest BCUT2D eigenvalue weighted by atomic mass is 35.5. The Hall–Kier alpha value is -2.54. The van der Waals surface area contributed by atoms with Gasteiger partial charge in [0.05, 0.1) is 19.3 Å². The maximum absolute atomic E-state index is 12.6. The van der Waals surface area contributed by atoms with Crippen molar-refractivity contribution in [2.75, 3.05) is 32.1 Å². The third kappa shape index (κ3) is 4.84. The van der Waals surface area contributed by atoms with E-state index in [2.05, 4.69) is 20.4 Å². The number of aryl methyl sites for hydroxylation is 1. The van der Waals surface area contributed by atoms with Gasteiger partial charge in [0.1, 0.15) is 5.75 Å². The molecule has 7 nitrogen and oxygen atoms in total. The molecule has 1 N–H and O–H groups in total. The molecule has 3 rings (SSSR count). The molecular formula is C20H26ClN5O2. The van der Waals surface area contributed by atoms with Gasteiger partial charge in [0.15, 0.2) is 5.82 Å². The monoisotopic (exact) mass is 403 g/mol. The number of halogens is 1. The van der Waals surface area contributed by atoms with E-state index >= 15 is 0 Å². The minimum Gasteiger partial charge on any atom is -0.495 e. The molecule has 0 bridgehead atoms. The standard InChI is InChI=1S/C20H26ClN5O2/c1-14-9-15(6-7-18(14)21)11-22-20(27)25(2)16-5-4-8-26(13-16)19-10-17(28-3)12-23-24-19/h6-7,9-10,12,16H,4-5,8,11,13H2,1-3H3,(H,22,27)/t16-/m1/s1. The van der Waals surface area contributed by atoms with Gasteiger partial charge in [0.2, 0.25) is 0 Å². The summed E-state index contributed by atoms with van der Waals surface area (Å²) in [6, 6.07) is 7.67. The number of amides is 2. The van der Waals surface area contributed by atoms with E-state index < -0.39 is 0 Å². The summed E-state index contributed by atoms with van der Waals surface area (Å²) in [5.74, 6) is 1.45. The van der Waals surface area contributed by atoms with Gasteiger partial charge in [0, 0.05) is 37.8 Å². The molecule has 0 spiro atoms. The van der Waals surface area contributed by atoms with Gasteiger partial charge in [-0.2, -0.15) is 5.10 Å². The molecule has 1 saturated heterocycles. The van der Waals surface area contributed by atoms with Crippen LogP contribution in [0.25, 0.3) is 0 Å². The lowest BCUT2D eigenvalue weighted by molar-refractivity contribution is 0.182. The largest absolute Gasteiger partial charge is 0.495 e. The van der Waals surface area contributed by atoms with Gasteiger partial charge in [-0.1, -0.05) is 23.7 Å². The molecule has 2 aromatic rings. The van der Waals surface area contributed by atoms with E-state index in [-0.39, 0.29) is 12.1 Å². The van der Waals surface area contributed by atoms with Crippen LogP contribution in [-0.4, -0.2) is 54.4 Å². The first-order chi connectivity index (χ1) is 13.5. The number of carbonyl (C=O) groups excluding carboxylic acids is 1. The number of carbonyl (C=O) groups is 1. The van der Waals surface area contributed by atoms with Gasteiger partial charge < -0.3 is 19.9 Å². The SMILES string of the molecule is COc1cnnc(N2CCC[C@@H](N(C)C(=O)NCc3ccc(Cl)c(C)c3)C2)c1. The summed E-state index contributed by atoms with van der Waals surface area (Å²) in [7, 11) is 3.45. The van der Waals surface area contributed by atoms with Gasteiger partial charge in [-0.15, -0.1) is 5.10 Å². The van der Waals surface area contributed by atoms with Gasteiger partial charge >= 0.3 is 6.03 Å². The predicted molar refractivity (Wildman–Crippen MR) is 110 cm³/mol. The minimum atomic E-state index is -0.0869. The van der Waals surface area contributed by atoms with Crippen LogP contribution in [0.4, 0.5) is 10.6 Å². The lowest BCUT2D eigenvalue weighted by Gasteiger charge is -2.38. The summed E-state index contributed by atoms with van der Waals surface area (Å²) < 4.78 is 5.24. The summed E-state index contributed by atoms with van der Waals surface area (Å²) in [6.45, 7) is 4.03. The fourth-order valence-corrected chi connectivity index (χ4v) is 3.49. The van der Waals surface area contributed by atoms with Crippen molar-refractivity contribution in [2.24, 2.45) is 0 Å². The van der Waals surface area contributed by atoms with Crippen molar-refractivity contribution in [3.63, 3.8) is 0 Å². The van der Waals surface area contributed by atoms with Gasteiger partial charge in [-0.05, 0) is 37.0 Å². The lowest BCUT2D eigenvalue weighted by Crippen LogP contribution is -2.51. The first-order valence-electron chi connectivity index (χ1n) is 9.35. The predicted octanol–water partition coefficient (Wildman–Crippen LogP) is 3.26. The summed E-state index contributed by atoms with van der Waals surface area (Å²) in [5, 5.41) is 11.9. The van der Waals surface area contributed by atoms with Crippen LogP contribution >= 0.6 is 11.6 Å². The number of hydrogen-bond acceptors (Lipinski definition) is 5. The Morgan fingerprint density at radius 3 is 3.00 bits per heavy atom. The Morgan fingerprint density at radius 1 is 1.43 bits per heavy atom. The van der Waals surface area contributed by atoms with Crippen molar-refractivity contribution in [2.45, 2.75) is 32.4 Å². The molecule has 1 aliphatic heterocycles. The maximum atomic E-state index is 12.6. The Bertz CT molecular complexity index is 832. The Balaban J connectivity index is 1.58. The number of benzene rings is 1. The van der Waals surface area contributed by atoms with Crippen LogP contribution in [0.1, 0.15) is 24.0 Å².